The van der Waals surface area contributed by atoms with E-state index in [4.69, 9.17) is 0 Å². The number of nitrogens with one attached hydrogen (secondary N) is 15. The summed E-state index contributed by atoms with van der Waals surface area (Å²) in [6.45, 7) is 50.5. The fourth-order valence-corrected chi connectivity index (χ4v) is 17.8. The summed E-state index contributed by atoms with van der Waals surface area (Å²) in [7, 11) is 0. The lowest BCUT2D eigenvalue weighted by atomic mass is 9.97. The van der Waals surface area contributed by atoms with E-state index in [1.807, 2.05) is 173 Å². The zero-order valence-corrected chi connectivity index (χ0v) is 94.5. The molecule has 148 heavy (non-hydrogen) atoms. The molecule has 14 amide bonds. The molecule has 0 aliphatic carbocycles. The normalized spacial score (nSPS) is 13.2. The van der Waals surface area contributed by atoms with Gasteiger partial charge in [0.25, 0.3) is 0 Å². The zero-order chi connectivity index (χ0) is 109. The number of rotatable bonds is 92. The van der Waals surface area contributed by atoms with Crippen LogP contribution in [0.25, 0.3) is 0 Å². The highest BCUT2D eigenvalue weighted by Crippen LogP contribution is 2.24. The molecule has 0 spiro atoms. The summed E-state index contributed by atoms with van der Waals surface area (Å²) in [6, 6.07) is 10.4. The number of unbranched alkanes of at least 4 members (excludes halogenated alkanes) is 10. The van der Waals surface area contributed by atoms with Crippen LogP contribution in [0.3, 0.4) is 0 Å². The SMILES string of the molecule is CCCCCCN(CC)CC(=O)NC(CCCCNC(=O)CN(CC)CC)C(=O)NC(CCCCNC(=O)C(CCCCNC(=O)CN(CC)CC)NC(=O)CN(CC)CC)C(=O)NCCCCC(NC(=O)C(CCCCNC(=O)C(CCCCNC(=O)CN(CC)CC)NC(=O)CN(CC)CC)NC(=O)C(CCCCNCCN(CC)CC)NC(=O)CN(CC)CC(C)CCC)C(=O)NC(c1ccccc1)c1ccccc1. The number of nitrogens with zero attached hydrogens (tertiary/aromatic N) is 8. The van der Waals surface area contributed by atoms with Crippen LogP contribution in [0.5, 0.6) is 0 Å². The predicted octanol–water partition coefficient (Wildman–Crippen LogP) is 7.48. The van der Waals surface area contributed by atoms with Crippen LogP contribution in [0, 0.1) is 5.92 Å². The maximum atomic E-state index is 15.8. The molecule has 2 aromatic rings. The topological polar surface area (TPSA) is 445 Å². The first-order valence-corrected chi connectivity index (χ1v) is 57.0. The molecule has 0 saturated carbocycles. The van der Waals surface area contributed by atoms with E-state index >= 15 is 24.0 Å². The van der Waals surface area contributed by atoms with E-state index in [9.17, 15) is 43.2 Å². The minimum atomic E-state index is -1.31. The van der Waals surface area contributed by atoms with Crippen molar-refractivity contribution in [3.8, 4) is 0 Å². The van der Waals surface area contributed by atoms with Gasteiger partial charge < -0.3 is 84.7 Å². The molecular formula is C111H203N23O14. The van der Waals surface area contributed by atoms with Crippen LogP contribution in [-0.4, -0.2) is 374 Å². The molecule has 0 fully saturated rings. The maximum Gasteiger partial charge on any atom is 0.243 e. The Bertz CT molecular complexity index is 3900. The van der Waals surface area contributed by atoms with E-state index in [1.54, 1.807) is 0 Å². The largest absolute Gasteiger partial charge is 0.355 e. The van der Waals surface area contributed by atoms with Crippen molar-refractivity contribution in [2.75, 3.05) is 209 Å². The fraction of sp³-hybridized carbons (Fsp3) is 0.766. The standard InChI is InChI=1S/C111H203N23O14/c1-18-34-35-56-77-133(32-15)85-102(140)121-94(66-45-52-72-115-99(137)82-130(26-9)27-10)108(145)123-92(64-46-53-73-116-105(142)90(119-100(138)83-131(28-11)29-12)62-43-50-70-113-97(135)80-128(22-5)23-6)107(144)118-75-55-48-68-96(111(148)126-104(88-58-38-36-39-59-88)89-60-40-37-41-61-89)125-110(147)95(124-109(146)93(65-42-49-69-112-76-78-127(20-3)21-4)122-103(141)86-134(33-16)79-87(17)57-19-2)67-47-54-74-117-106(143)91(120-101(139)84-132(30-13)31-14)63-44-51-71-114-98(136)81-129(24-7)25-8/h36-41,58-61,87,90-96,104,112H,18-35,42-57,62-86H2,1-17H3,(H,113,135)(H,114,136)(H,115,137)(H,116,142)(H,117,143)(H,118,144)(H,119,138)(H,120,139)(H,121,140)(H,122,141)(H,123,145)(H,124,146)(H,125,147)(H,126,148). The quantitative estimate of drug-likeness (QED) is 0.0285. The summed E-state index contributed by atoms with van der Waals surface area (Å²) >= 11 is 0. The summed E-state index contributed by atoms with van der Waals surface area (Å²) < 4.78 is 0. The third-order valence-electron chi connectivity index (χ3n) is 27.7. The van der Waals surface area contributed by atoms with Crippen molar-refractivity contribution >= 4 is 82.7 Å². The highest BCUT2D eigenvalue weighted by molar-refractivity contribution is 5.96. The van der Waals surface area contributed by atoms with Crippen LogP contribution in [-0.2, 0) is 67.1 Å². The van der Waals surface area contributed by atoms with Gasteiger partial charge in [-0.3, -0.25) is 101 Å². The molecule has 0 radical (unpaired) electrons. The first kappa shape index (κ1) is 135. The number of hydrogen-bond acceptors (Lipinski definition) is 23. The molecule has 8 unspecified atom stereocenters. The van der Waals surface area contributed by atoms with E-state index in [1.165, 1.54) is 0 Å². The highest BCUT2D eigenvalue weighted by Gasteiger charge is 2.34. The minimum absolute atomic E-state index is 0.0111. The van der Waals surface area contributed by atoms with E-state index in [-0.39, 0.29) is 158 Å². The molecule has 37 heteroatoms. The second kappa shape index (κ2) is 85.2. The average Bonchev–Trinajstić information content (AvgIpc) is 0.830. The number of amides is 14. The van der Waals surface area contributed by atoms with Crippen LogP contribution in [0.15, 0.2) is 60.7 Å². The van der Waals surface area contributed by atoms with Gasteiger partial charge >= 0.3 is 0 Å². The van der Waals surface area contributed by atoms with Crippen molar-refractivity contribution in [1.29, 1.82) is 0 Å². The Labute approximate surface area is 890 Å². The average molecular weight is 2080 g/mol. The van der Waals surface area contributed by atoms with E-state index in [0.29, 0.717) is 181 Å². The van der Waals surface area contributed by atoms with Gasteiger partial charge in [0.05, 0.1) is 51.9 Å². The Morgan fingerprint density at radius 1 is 0.216 bits per heavy atom. The van der Waals surface area contributed by atoms with Crippen LogP contribution in [0.1, 0.15) is 308 Å². The number of hydrogen-bond donors (Lipinski definition) is 15. The summed E-state index contributed by atoms with van der Waals surface area (Å²) in [6.07, 6.45) is 13.1. The Morgan fingerprint density at radius 3 is 0.770 bits per heavy atom. The molecule has 846 valence electrons. The molecule has 37 nitrogen and oxygen atoms in total. The first-order valence-electron chi connectivity index (χ1n) is 57.0. The molecule has 0 aliphatic heterocycles. The smallest absolute Gasteiger partial charge is 0.243 e. The number of benzene rings is 2. The molecule has 0 heterocycles. The lowest BCUT2D eigenvalue weighted by molar-refractivity contribution is -0.134. The number of likely N-dealkylation sites (N-methyl/N-ethyl adjacent to an activating group) is 8. The van der Waals surface area contributed by atoms with Crippen LogP contribution in [0.2, 0.25) is 0 Å². The highest BCUT2D eigenvalue weighted by atomic mass is 16.2. The molecular weight excluding hydrogens is 1880 g/mol. The predicted molar refractivity (Wildman–Crippen MR) is 593 cm³/mol. The Morgan fingerprint density at radius 2 is 0.473 bits per heavy atom. The molecule has 0 saturated heterocycles. The first-order chi connectivity index (χ1) is 71.4. The summed E-state index contributed by atoms with van der Waals surface area (Å²) in [4.78, 5) is 216. The van der Waals surface area contributed by atoms with Gasteiger partial charge in [0.2, 0.25) is 82.7 Å². The van der Waals surface area contributed by atoms with Gasteiger partial charge in [-0.05, 0) is 269 Å². The molecule has 15 N–H and O–H groups in total. The Balaban J connectivity index is 2.89. The fourth-order valence-electron chi connectivity index (χ4n) is 17.8. The summed E-state index contributed by atoms with van der Waals surface area (Å²) in [5, 5.41) is 46.0. The second-order valence-corrected chi connectivity index (χ2v) is 39.1. The maximum absolute atomic E-state index is 15.8. The molecule has 0 aromatic heterocycles. The lowest BCUT2D eigenvalue weighted by Crippen LogP contribution is -2.57. The Hall–Kier alpha value is -9.34. The third-order valence-corrected chi connectivity index (χ3v) is 27.7. The van der Waals surface area contributed by atoms with Crippen LogP contribution < -0.4 is 79.8 Å². The molecule has 8 atom stereocenters. The number of carbonyl (C=O) groups excluding carboxylic acids is 14. The van der Waals surface area contributed by atoms with E-state index < -0.39 is 89.7 Å². The van der Waals surface area contributed by atoms with Gasteiger partial charge in [0.1, 0.15) is 42.3 Å². The van der Waals surface area contributed by atoms with E-state index in [0.717, 1.165) is 102 Å². The van der Waals surface area contributed by atoms with Crippen molar-refractivity contribution in [2.24, 2.45) is 5.92 Å². The van der Waals surface area contributed by atoms with Crippen molar-refractivity contribution in [2.45, 2.75) is 339 Å². The van der Waals surface area contributed by atoms with E-state index in [2.05, 4.69) is 124 Å². The summed E-state index contributed by atoms with van der Waals surface area (Å²) in [5.41, 5.74) is 1.51. The monoisotopic (exact) mass is 2080 g/mol. The van der Waals surface area contributed by atoms with Crippen molar-refractivity contribution < 1.29 is 67.1 Å². The van der Waals surface area contributed by atoms with Gasteiger partial charge in [0, 0.05) is 58.9 Å². The lowest BCUT2D eigenvalue weighted by Gasteiger charge is -2.28. The van der Waals surface area contributed by atoms with Crippen LogP contribution in [0.4, 0.5) is 0 Å². The molecule has 2 aromatic carbocycles. The minimum Gasteiger partial charge on any atom is -0.355 e. The van der Waals surface area contributed by atoms with Crippen molar-refractivity contribution in [3.05, 3.63) is 71.8 Å². The number of carbonyl (C=O) groups is 14. The van der Waals surface area contributed by atoms with Crippen LogP contribution >= 0.6 is 0 Å². The van der Waals surface area contributed by atoms with Crippen molar-refractivity contribution in [3.63, 3.8) is 0 Å². The second-order valence-electron chi connectivity index (χ2n) is 39.1. The molecule has 0 aliphatic rings. The third kappa shape index (κ3) is 61.8. The summed E-state index contributed by atoms with van der Waals surface area (Å²) in [5.74, 6) is -5.12. The van der Waals surface area contributed by atoms with Gasteiger partial charge in [-0.2, -0.15) is 0 Å². The molecule has 0 bridgehead atoms. The molecule has 2 rings (SSSR count). The van der Waals surface area contributed by atoms with Gasteiger partial charge in [-0.25, -0.2) is 0 Å². The van der Waals surface area contributed by atoms with Crippen molar-refractivity contribution in [1.82, 2.24) is 119 Å². The van der Waals surface area contributed by atoms with Gasteiger partial charge in [0.15, 0.2) is 0 Å². The Kier molecular flexibility index (Phi) is 77.6. The zero-order valence-electron chi connectivity index (χ0n) is 94.5. The van der Waals surface area contributed by atoms with Gasteiger partial charge in [-0.15, -0.1) is 0 Å². The van der Waals surface area contributed by atoms with Gasteiger partial charge in [-0.1, -0.05) is 204 Å².